The molecule has 1 heterocycles. The van der Waals surface area contributed by atoms with Crippen molar-refractivity contribution in [1.29, 1.82) is 0 Å². The number of carboxylic acids is 1. The zero-order valence-electron chi connectivity index (χ0n) is 16.1. The highest BCUT2D eigenvalue weighted by Gasteiger charge is 2.11. The number of carboxylic acid groups (broad SMARTS) is 1. The van der Waals surface area contributed by atoms with Gasteiger partial charge in [0.15, 0.2) is 0 Å². The monoisotopic (exact) mass is 443 g/mol. The molecule has 0 aliphatic carbocycles. The number of nitrogens with zero attached hydrogens (tertiary/aromatic N) is 1. The fraction of sp³-hybridized carbons (Fsp3) is 0.130. The maximum atomic E-state index is 12.6. The first-order chi connectivity index (χ1) is 14.4. The van der Waals surface area contributed by atoms with Gasteiger partial charge in [0.05, 0.1) is 23.4 Å². The van der Waals surface area contributed by atoms with Crippen LogP contribution >= 0.6 is 23.2 Å². The number of aromatic nitrogens is 1. The zero-order valence-corrected chi connectivity index (χ0v) is 17.7. The molecule has 7 heteroatoms. The Hall–Kier alpha value is -3.02. The summed E-state index contributed by atoms with van der Waals surface area (Å²) in [7, 11) is 1.60. The second-order valence-electron chi connectivity index (χ2n) is 6.54. The van der Waals surface area contributed by atoms with Crippen LogP contribution in [0.15, 0.2) is 59.4 Å². The van der Waals surface area contributed by atoms with Crippen molar-refractivity contribution in [3.8, 4) is 5.75 Å². The van der Waals surface area contributed by atoms with Gasteiger partial charge in [-0.2, -0.15) is 0 Å². The van der Waals surface area contributed by atoms with Crippen molar-refractivity contribution in [3.63, 3.8) is 0 Å². The summed E-state index contributed by atoms with van der Waals surface area (Å²) in [6, 6.07) is 15.5. The third-order valence-electron chi connectivity index (χ3n) is 4.61. The Kier molecular flexibility index (Phi) is 6.98. The van der Waals surface area contributed by atoms with Crippen molar-refractivity contribution in [3.05, 3.63) is 97.4 Å². The summed E-state index contributed by atoms with van der Waals surface area (Å²) in [6.45, 7) is 0.341. The molecule has 0 aliphatic rings. The van der Waals surface area contributed by atoms with Gasteiger partial charge in [-0.1, -0.05) is 53.5 Å². The van der Waals surface area contributed by atoms with E-state index >= 15 is 0 Å². The Morgan fingerprint density at radius 3 is 2.30 bits per heavy atom. The normalized spacial score (nSPS) is 11.0. The molecule has 0 saturated carbocycles. The van der Waals surface area contributed by atoms with Crippen molar-refractivity contribution in [2.45, 2.75) is 13.0 Å². The molecule has 0 atom stereocenters. The molecule has 2 aromatic carbocycles. The molecule has 0 radical (unpaired) electrons. The Morgan fingerprint density at radius 1 is 1.03 bits per heavy atom. The molecule has 154 valence electrons. The minimum absolute atomic E-state index is 0.0443. The van der Waals surface area contributed by atoms with Crippen LogP contribution in [0.4, 0.5) is 0 Å². The van der Waals surface area contributed by atoms with Crippen molar-refractivity contribution in [1.82, 2.24) is 4.57 Å². The van der Waals surface area contributed by atoms with E-state index < -0.39 is 5.97 Å². The van der Waals surface area contributed by atoms with E-state index in [0.717, 1.165) is 16.9 Å². The van der Waals surface area contributed by atoms with Crippen molar-refractivity contribution < 1.29 is 14.6 Å². The molecular weight excluding hydrogens is 425 g/mol. The van der Waals surface area contributed by atoms with Crippen LogP contribution in [0.1, 0.15) is 27.2 Å². The van der Waals surface area contributed by atoms with Crippen LogP contribution in [0, 0.1) is 0 Å². The molecule has 0 fully saturated rings. The highest BCUT2D eigenvalue weighted by Crippen LogP contribution is 2.22. The fourth-order valence-corrected chi connectivity index (χ4v) is 3.49. The van der Waals surface area contributed by atoms with Gasteiger partial charge in [0, 0.05) is 6.54 Å². The molecule has 0 aliphatic heterocycles. The van der Waals surface area contributed by atoms with E-state index in [9.17, 15) is 9.59 Å². The SMILES string of the molecule is COc1ccc(C=Cc2c(Cl)cc(Cl)c(=O)n2CCc2ccc(C(=O)O)cc2)cc1. The molecule has 0 unspecified atom stereocenters. The molecule has 5 nitrogen and oxygen atoms in total. The van der Waals surface area contributed by atoms with Crippen LogP contribution in [0.5, 0.6) is 5.75 Å². The number of rotatable bonds is 7. The largest absolute Gasteiger partial charge is 0.497 e. The highest BCUT2D eigenvalue weighted by molar-refractivity contribution is 6.35. The Balaban J connectivity index is 1.88. The minimum Gasteiger partial charge on any atom is -0.497 e. The number of methoxy groups -OCH3 is 1. The topological polar surface area (TPSA) is 68.5 Å². The van der Waals surface area contributed by atoms with E-state index in [1.165, 1.54) is 22.8 Å². The fourth-order valence-electron chi connectivity index (χ4n) is 2.95. The summed E-state index contributed by atoms with van der Waals surface area (Å²) in [5, 5.41) is 9.42. The first kappa shape index (κ1) is 21.7. The number of aryl methyl sites for hydroxylation is 1. The number of halogens is 2. The maximum absolute atomic E-state index is 12.6. The lowest BCUT2D eigenvalue weighted by Crippen LogP contribution is -2.24. The zero-order chi connectivity index (χ0) is 21.7. The molecule has 3 rings (SSSR count). The number of aromatic carboxylic acids is 1. The van der Waals surface area contributed by atoms with Gasteiger partial charge in [0.25, 0.3) is 5.56 Å². The Labute approximate surface area is 183 Å². The highest BCUT2D eigenvalue weighted by atomic mass is 35.5. The molecule has 0 saturated heterocycles. The summed E-state index contributed by atoms with van der Waals surface area (Å²) in [5.74, 6) is -0.229. The lowest BCUT2D eigenvalue weighted by atomic mass is 10.1. The summed E-state index contributed by atoms with van der Waals surface area (Å²) in [4.78, 5) is 23.6. The first-order valence-corrected chi connectivity index (χ1v) is 9.88. The predicted molar refractivity (Wildman–Crippen MR) is 120 cm³/mol. The molecule has 0 amide bonds. The molecule has 0 spiro atoms. The summed E-state index contributed by atoms with van der Waals surface area (Å²) >= 11 is 12.4. The van der Waals surface area contributed by atoms with Crippen molar-refractivity contribution >= 4 is 41.3 Å². The van der Waals surface area contributed by atoms with Crippen molar-refractivity contribution in [2.75, 3.05) is 7.11 Å². The van der Waals surface area contributed by atoms with E-state index in [2.05, 4.69) is 0 Å². The molecule has 1 aromatic heterocycles. The number of pyridine rings is 1. The predicted octanol–water partition coefficient (Wildman–Crippen LogP) is 5.28. The van der Waals surface area contributed by atoms with E-state index in [1.807, 2.05) is 30.3 Å². The van der Waals surface area contributed by atoms with E-state index in [-0.39, 0.29) is 16.1 Å². The van der Waals surface area contributed by atoms with Crippen LogP contribution in [-0.2, 0) is 13.0 Å². The standard InChI is InChI=1S/C23H19Cl2NO4/c1-30-18-9-4-15(5-10-18)6-11-21-19(24)14-20(25)22(27)26(21)13-12-16-2-7-17(8-3-16)23(28)29/h2-11,14H,12-13H2,1H3,(H,28,29). The number of hydrogen-bond acceptors (Lipinski definition) is 3. The molecular formula is C23H19Cl2NO4. The van der Waals surface area contributed by atoms with Crippen LogP contribution in [0.2, 0.25) is 10.0 Å². The average molecular weight is 444 g/mol. The smallest absolute Gasteiger partial charge is 0.335 e. The van der Waals surface area contributed by atoms with Gasteiger partial charge in [-0.15, -0.1) is 0 Å². The number of hydrogen-bond donors (Lipinski definition) is 1. The summed E-state index contributed by atoms with van der Waals surface area (Å²) in [6.07, 6.45) is 4.14. The molecule has 1 N–H and O–H groups in total. The lowest BCUT2D eigenvalue weighted by Gasteiger charge is -2.13. The lowest BCUT2D eigenvalue weighted by molar-refractivity contribution is 0.0697. The van der Waals surface area contributed by atoms with Crippen molar-refractivity contribution in [2.24, 2.45) is 0 Å². The quantitative estimate of drug-likeness (QED) is 0.539. The van der Waals surface area contributed by atoms with Gasteiger partial charge in [-0.3, -0.25) is 4.79 Å². The third kappa shape index (κ3) is 5.12. The van der Waals surface area contributed by atoms with Gasteiger partial charge < -0.3 is 14.4 Å². The summed E-state index contributed by atoms with van der Waals surface area (Å²) in [5.41, 5.74) is 2.24. The van der Waals surface area contributed by atoms with Crippen LogP contribution in [0.3, 0.4) is 0 Å². The van der Waals surface area contributed by atoms with E-state index in [1.54, 1.807) is 25.3 Å². The molecule has 0 bridgehead atoms. The van der Waals surface area contributed by atoms with Gasteiger partial charge in [-0.25, -0.2) is 4.79 Å². The minimum atomic E-state index is -0.981. The van der Waals surface area contributed by atoms with Gasteiger partial charge in [0.2, 0.25) is 0 Å². The second-order valence-corrected chi connectivity index (χ2v) is 7.36. The van der Waals surface area contributed by atoms with Gasteiger partial charge in [-0.05, 0) is 54.0 Å². The van der Waals surface area contributed by atoms with Gasteiger partial charge in [0.1, 0.15) is 10.8 Å². The first-order valence-electron chi connectivity index (χ1n) is 9.12. The summed E-state index contributed by atoms with van der Waals surface area (Å²) < 4.78 is 6.68. The molecule has 3 aromatic rings. The third-order valence-corrected chi connectivity index (χ3v) is 5.19. The van der Waals surface area contributed by atoms with Gasteiger partial charge >= 0.3 is 5.97 Å². The second kappa shape index (κ2) is 9.65. The Morgan fingerprint density at radius 2 is 1.70 bits per heavy atom. The number of carbonyl (C=O) groups is 1. The van der Waals surface area contributed by atoms with E-state index in [4.69, 9.17) is 33.0 Å². The Bertz CT molecular complexity index is 1130. The molecule has 30 heavy (non-hydrogen) atoms. The van der Waals surface area contributed by atoms with Crippen LogP contribution < -0.4 is 10.3 Å². The average Bonchev–Trinajstić information content (AvgIpc) is 2.75. The number of benzene rings is 2. The maximum Gasteiger partial charge on any atom is 0.335 e. The number of ether oxygens (including phenoxy) is 1. The van der Waals surface area contributed by atoms with E-state index in [0.29, 0.717) is 23.7 Å². The van der Waals surface area contributed by atoms with Crippen LogP contribution in [-0.4, -0.2) is 22.8 Å². The van der Waals surface area contributed by atoms with Crippen LogP contribution in [0.25, 0.3) is 12.2 Å².